The standard InChI is InChI=1S/C23H38N2O3/c1-2-3-4-5-6-7-8-9-10-14-19-25-23(27)21(24)17-18-22(26)28-20-15-12-11-13-16-20/h11-13,15-16,21H,2-10,14,17-19,24H2,1H3,(H,25,27). The van der Waals surface area contributed by atoms with E-state index in [1.165, 1.54) is 51.4 Å². The van der Waals surface area contributed by atoms with Crippen LogP contribution in [0, 0.1) is 0 Å². The van der Waals surface area contributed by atoms with E-state index in [0.717, 1.165) is 12.8 Å². The predicted molar refractivity (Wildman–Crippen MR) is 114 cm³/mol. The molecule has 1 aromatic rings. The molecule has 28 heavy (non-hydrogen) atoms. The van der Waals surface area contributed by atoms with Crippen LogP contribution >= 0.6 is 0 Å². The van der Waals surface area contributed by atoms with Crippen LogP contribution in [0.25, 0.3) is 0 Å². The highest BCUT2D eigenvalue weighted by Crippen LogP contribution is 2.11. The molecule has 0 heterocycles. The smallest absolute Gasteiger partial charge is 0.311 e. The molecule has 0 aromatic heterocycles. The minimum atomic E-state index is -0.675. The van der Waals surface area contributed by atoms with Gasteiger partial charge in [-0.2, -0.15) is 0 Å². The van der Waals surface area contributed by atoms with Crippen molar-refractivity contribution in [3.63, 3.8) is 0 Å². The van der Waals surface area contributed by atoms with Crippen molar-refractivity contribution in [3.8, 4) is 5.75 Å². The van der Waals surface area contributed by atoms with Gasteiger partial charge in [-0.05, 0) is 25.0 Å². The van der Waals surface area contributed by atoms with E-state index in [1.54, 1.807) is 24.3 Å². The number of esters is 1. The van der Waals surface area contributed by atoms with Crippen LogP contribution in [-0.4, -0.2) is 24.5 Å². The average molecular weight is 391 g/mol. The number of benzene rings is 1. The van der Waals surface area contributed by atoms with Crippen molar-refractivity contribution in [2.24, 2.45) is 5.73 Å². The van der Waals surface area contributed by atoms with E-state index in [2.05, 4.69) is 12.2 Å². The largest absolute Gasteiger partial charge is 0.427 e. The van der Waals surface area contributed by atoms with Gasteiger partial charge in [-0.1, -0.05) is 82.9 Å². The molecule has 3 N–H and O–H groups in total. The Balaban J connectivity index is 1.97. The number of carbonyl (C=O) groups is 2. The molecule has 5 nitrogen and oxygen atoms in total. The lowest BCUT2D eigenvalue weighted by atomic mass is 10.1. The molecule has 1 unspecified atom stereocenters. The fraction of sp³-hybridized carbons (Fsp3) is 0.652. The van der Waals surface area contributed by atoms with Crippen LogP contribution in [0.4, 0.5) is 0 Å². The minimum absolute atomic E-state index is 0.127. The molecule has 1 amide bonds. The van der Waals surface area contributed by atoms with Gasteiger partial charge in [0, 0.05) is 13.0 Å². The molecular weight excluding hydrogens is 352 g/mol. The third-order valence-corrected chi connectivity index (χ3v) is 4.80. The summed E-state index contributed by atoms with van der Waals surface area (Å²) in [6, 6.07) is 8.22. The van der Waals surface area contributed by atoms with Crippen molar-refractivity contribution >= 4 is 11.9 Å². The lowest BCUT2D eigenvalue weighted by molar-refractivity contribution is -0.134. The predicted octanol–water partition coefficient (Wildman–Crippen LogP) is 4.74. The van der Waals surface area contributed by atoms with E-state index >= 15 is 0 Å². The van der Waals surface area contributed by atoms with Crippen molar-refractivity contribution in [1.29, 1.82) is 0 Å². The van der Waals surface area contributed by atoms with E-state index < -0.39 is 6.04 Å². The van der Waals surface area contributed by atoms with Gasteiger partial charge in [0.15, 0.2) is 0 Å². The third kappa shape index (κ3) is 12.5. The first-order valence-corrected chi connectivity index (χ1v) is 10.9. The number of para-hydroxylation sites is 1. The van der Waals surface area contributed by atoms with Crippen LogP contribution in [0.2, 0.25) is 0 Å². The van der Waals surface area contributed by atoms with E-state index in [0.29, 0.717) is 12.3 Å². The highest BCUT2D eigenvalue weighted by Gasteiger charge is 2.15. The second-order valence-corrected chi connectivity index (χ2v) is 7.41. The van der Waals surface area contributed by atoms with Crippen molar-refractivity contribution in [3.05, 3.63) is 30.3 Å². The molecule has 1 aromatic carbocycles. The van der Waals surface area contributed by atoms with Crippen LogP contribution in [0.3, 0.4) is 0 Å². The second-order valence-electron chi connectivity index (χ2n) is 7.41. The highest BCUT2D eigenvalue weighted by molar-refractivity contribution is 5.82. The molecule has 0 spiro atoms. The quantitative estimate of drug-likeness (QED) is 0.243. The number of nitrogens with one attached hydrogen (secondary N) is 1. The summed E-state index contributed by atoms with van der Waals surface area (Å²) in [5.41, 5.74) is 5.87. The van der Waals surface area contributed by atoms with E-state index in [-0.39, 0.29) is 24.7 Å². The summed E-state index contributed by atoms with van der Waals surface area (Å²) in [6.07, 6.45) is 13.1. The lowest BCUT2D eigenvalue weighted by Crippen LogP contribution is -2.41. The van der Waals surface area contributed by atoms with Gasteiger partial charge < -0.3 is 15.8 Å². The fourth-order valence-electron chi connectivity index (χ4n) is 3.03. The summed E-state index contributed by atoms with van der Waals surface area (Å²) in [5, 5.41) is 2.87. The molecular formula is C23H38N2O3. The van der Waals surface area contributed by atoms with Gasteiger partial charge in [-0.25, -0.2) is 0 Å². The second kappa shape index (κ2) is 16.1. The molecule has 0 fully saturated rings. The van der Waals surface area contributed by atoms with Gasteiger partial charge in [-0.3, -0.25) is 9.59 Å². The van der Waals surface area contributed by atoms with Crippen LogP contribution in [-0.2, 0) is 9.59 Å². The zero-order valence-electron chi connectivity index (χ0n) is 17.5. The summed E-state index contributed by atoms with van der Waals surface area (Å²) >= 11 is 0. The van der Waals surface area contributed by atoms with Gasteiger partial charge in [0.1, 0.15) is 5.75 Å². The summed E-state index contributed by atoms with van der Waals surface area (Å²) in [7, 11) is 0. The Morgan fingerprint density at radius 3 is 2.11 bits per heavy atom. The molecule has 0 aliphatic heterocycles. The fourth-order valence-corrected chi connectivity index (χ4v) is 3.03. The third-order valence-electron chi connectivity index (χ3n) is 4.80. The average Bonchev–Trinajstić information content (AvgIpc) is 2.70. The van der Waals surface area contributed by atoms with E-state index in [9.17, 15) is 9.59 Å². The first-order valence-electron chi connectivity index (χ1n) is 10.9. The number of carbonyl (C=O) groups excluding carboxylic acids is 2. The van der Waals surface area contributed by atoms with Gasteiger partial charge in [0.2, 0.25) is 5.91 Å². The maximum absolute atomic E-state index is 12.0. The van der Waals surface area contributed by atoms with Crippen LogP contribution < -0.4 is 15.8 Å². The van der Waals surface area contributed by atoms with Crippen molar-refractivity contribution < 1.29 is 14.3 Å². The molecule has 0 saturated heterocycles. The molecule has 0 saturated carbocycles. The summed E-state index contributed by atoms with van der Waals surface area (Å²) in [4.78, 5) is 23.8. The number of ether oxygens (including phenoxy) is 1. The Morgan fingerprint density at radius 1 is 0.929 bits per heavy atom. The first-order chi connectivity index (χ1) is 13.6. The Kier molecular flexibility index (Phi) is 13.9. The normalized spacial score (nSPS) is 11.8. The Labute approximate surface area is 170 Å². The Morgan fingerprint density at radius 2 is 1.50 bits per heavy atom. The summed E-state index contributed by atoms with van der Waals surface area (Å²) in [5.74, 6) is -0.0564. The molecule has 5 heteroatoms. The molecule has 0 radical (unpaired) electrons. The maximum atomic E-state index is 12.0. The van der Waals surface area contributed by atoms with E-state index in [1.807, 2.05) is 6.07 Å². The van der Waals surface area contributed by atoms with Gasteiger partial charge in [0.25, 0.3) is 0 Å². The molecule has 1 atom stereocenters. The van der Waals surface area contributed by atoms with Gasteiger partial charge in [0.05, 0.1) is 6.04 Å². The highest BCUT2D eigenvalue weighted by atomic mass is 16.5. The van der Waals surface area contributed by atoms with Crippen LogP contribution in [0.5, 0.6) is 5.75 Å². The van der Waals surface area contributed by atoms with Crippen LogP contribution in [0.1, 0.15) is 84.0 Å². The van der Waals surface area contributed by atoms with Crippen molar-refractivity contribution in [1.82, 2.24) is 5.32 Å². The van der Waals surface area contributed by atoms with Crippen LogP contribution in [0.15, 0.2) is 30.3 Å². The summed E-state index contributed by atoms with van der Waals surface area (Å²) < 4.78 is 5.19. The van der Waals surface area contributed by atoms with Crippen molar-refractivity contribution in [2.45, 2.75) is 90.0 Å². The SMILES string of the molecule is CCCCCCCCCCCCNC(=O)C(N)CCC(=O)Oc1ccccc1. The zero-order chi connectivity index (χ0) is 20.5. The molecule has 0 aliphatic rings. The molecule has 158 valence electrons. The number of nitrogens with two attached hydrogens (primary N) is 1. The lowest BCUT2D eigenvalue weighted by Gasteiger charge is -2.12. The minimum Gasteiger partial charge on any atom is -0.427 e. The molecule has 1 rings (SSSR count). The number of amides is 1. The van der Waals surface area contributed by atoms with Gasteiger partial charge >= 0.3 is 5.97 Å². The number of hydrogen-bond acceptors (Lipinski definition) is 4. The summed E-state index contributed by atoms with van der Waals surface area (Å²) in [6.45, 7) is 2.89. The zero-order valence-corrected chi connectivity index (χ0v) is 17.5. The maximum Gasteiger partial charge on any atom is 0.311 e. The Hall–Kier alpha value is -1.88. The monoisotopic (exact) mass is 390 g/mol. The number of rotatable bonds is 16. The Bertz CT molecular complexity index is 534. The van der Waals surface area contributed by atoms with Gasteiger partial charge in [-0.15, -0.1) is 0 Å². The molecule has 0 aliphatic carbocycles. The number of hydrogen-bond donors (Lipinski definition) is 2. The molecule has 0 bridgehead atoms. The van der Waals surface area contributed by atoms with Crippen molar-refractivity contribution in [2.75, 3.05) is 6.54 Å². The number of unbranched alkanes of at least 4 members (excludes halogenated alkanes) is 9. The topological polar surface area (TPSA) is 81.4 Å². The van der Waals surface area contributed by atoms with E-state index in [4.69, 9.17) is 10.5 Å². The first kappa shape index (κ1) is 24.2.